The summed E-state index contributed by atoms with van der Waals surface area (Å²) in [6, 6.07) is 0. The number of thiophene rings is 1. The van der Waals surface area contributed by atoms with Crippen LogP contribution in [0.3, 0.4) is 0 Å². The van der Waals surface area contributed by atoms with Crippen LogP contribution in [0.5, 0.6) is 0 Å². The minimum Gasteiger partial charge on any atom is -0.272 e. The van der Waals surface area contributed by atoms with Gasteiger partial charge in [-0.25, -0.2) is 15.0 Å². The molecule has 1 saturated heterocycles. The van der Waals surface area contributed by atoms with Gasteiger partial charge in [-0.05, 0) is 51.0 Å². The lowest BCUT2D eigenvalue weighted by Crippen LogP contribution is -2.31. The molecular formula is C15H19N3OS. The van der Waals surface area contributed by atoms with Crippen LogP contribution >= 0.6 is 11.3 Å². The Balaban J connectivity index is 1.91. The lowest BCUT2D eigenvalue weighted by atomic mass is 9.97. The van der Waals surface area contributed by atoms with Crippen LogP contribution in [0, 0.1) is 6.92 Å². The van der Waals surface area contributed by atoms with Gasteiger partial charge in [0.25, 0.3) is 0 Å². The van der Waals surface area contributed by atoms with Gasteiger partial charge in [-0.3, -0.25) is 4.84 Å². The summed E-state index contributed by atoms with van der Waals surface area (Å²) in [5.74, 6) is 1.85. The molecule has 1 aliphatic carbocycles. The Bertz CT molecular complexity index is 646. The first-order valence-corrected chi connectivity index (χ1v) is 8.34. The minimum atomic E-state index is 0.802. The first kappa shape index (κ1) is 12.5. The average molecular weight is 289 g/mol. The summed E-state index contributed by atoms with van der Waals surface area (Å²) < 4.78 is 0. The van der Waals surface area contributed by atoms with Gasteiger partial charge in [0.15, 0.2) is 5.82 Å². The highest BCUT2D eigenvalue weighted by atomic mass is 32.1. The van der Waals surface area contributed by atoms with Crippen molar-refractivity contribution in [1.29, 1.82) is 0 Å². The van der Waals surface area contributed by atoms with Crippen LogP contribution in [0.25, 0.3) is 10.2 Å². The zero-order valence-electron chi connectivity index (χ0n) is 11.8. The molecule has 5 heteroatoms. The number of aryl methyl sites for hydroxylation is 3. The normalized spacial score (nSPS) is 19.4. The highest BCUT2D eigenvalue weighted by Crippen LogP contribution is 2.40. The number of fused-ring (bicyclic) bond motifs is 3. The van der Waals surface area contributed by atoms with E-state index in [9.17, 15) is 0 Å². The Hall–Kier alpha value is -1.20. The second-order valence-corrected chi connectivity index (χ2v) is 6.71. The molecule has 1 fully saturated rings. The first-order valence-electron chi connectivity index (χ1n) is 7.52. The molecule has 106 valence electrons. The lowest BCUT2D eigenvalue weighted by Gasteiger charge is -2.27. The number of nitrogens with zero attached hydrogens (tertiary/aromatic N) is 3. The molecule has 3 heterocycles. The molecule has 0 amide bonds. The van der Waals surface area contributed by atoms with E-state index in [1.807, 2.05) is 23.3 Å². The first-order chi connectivity index (χ1) is 9.83. The van der Waals surface area contributed by atoms with Crippen molar-refractivity contribution in [1.82, 2.24) is 9.97 Å². The van der Waals surface area contributed by atoms with Crippen molar-refractivity contribution in [3.8, 4) is 0 Å². The molecule has 4 nitrogen and oxygen atoms in total. The average Bonchev–Trinajstić information content (AvgIpc) is 2.85. The summed E-state index contributed by atoms with van der Waals surface area (Å²) in [5.41, 5.74) is 1.49. The molecule has 0 radical (unpaired) electrons. The van der Waals surface area contributed by atoms with Crippen molar-refractivity contribution in [2.24, 2.45) is 0 Å². The van der Waals surface area contributed by atoms with Crippen LogP contribution in [0.15, 0.2) is 0 Å². The third-order valence-corrected chi connectivity index (χ3v) is 5.33. The van der Waals surface area contributed by atoms with Gasteiger partial charge in [0.05, 0.1) is 12.0 Å². The Labute approximate surface area is 122 Å². The molecule has 1 aliphatic heterocycles. The summed E-state index contributed by atoms with van der Waals surface area (Å²) >= 11 is 1.86. The maximum absolute atomic E-state index is 5.84. The highest BCUT2D eigenvalue weighted by molar-refractivity contribution is 7.19. The number of hydroxylamine groups is 1. The molecule has 0 unspecified atom stereocenters. The van der Waals surface area contributed by atoms with Crippen molar-refractivity contribution in [2.45, 2.75) is 45.4 Å². The fourth-order valence-electron chi connectivity index (χ4n) is 3.19. The molecule has 0 bridgehead atoms. The van der Waals surface area contributed by atoms with Crippen LogP contribution < -0.4 is 5.06 Å². The number of anilines is 1. The molecule has 0 aromatic carbocycles. The maximum Gasteiger partial charge on any atom is 0.165 e. The van der Waals surface area contributed by atoms with Crippen LogP contribution in [-0.4, -0.2) is 23.1 Å². The molecule has 0 atom stereocenters. The summed E-state index contributed by atoms with van der Waals surface area (Å²) in [4.78, 5) is 17.9. The van der Waals surface area contributed by atoms with Crippen molar-refractivity contribution < 1.29 is 4.84 Å². The van der Waals surface area contributed by atoms with E-state index >= 15 is 0 Å². The van der Waals surface area contributed by atoms with Crippen molar-refractivity contribution in [3.05, 3.63) is 16.3 Å². The fraction of sp³-hybridized carbons (Fsp3) is 0.600. The SMILES string of the molecule is Cc1nc(N2CCCCO2)c2c3c(sc2n1)CCCC3. The van der Waals surface area contributed by atoms with Gasteiger partial charge >= 0.3 is 0 Å². The molecule has 0 saturated carbocycles. The standard InChI is InChI=1S/C15H19N3OS/c1-10-16-14(18-8-4-5-9-19-18)13-11-6-2-3-7-12(11)20-15(13)17-10/h2-9H2,1H3. The largest absolute Gasteiger partial charge is 0.272 e. The van der Waals surface area contributed by atoms with Crippen molar-refractivity contribution in [3.63, 3.8) is 0 Å². The van der Waals surface area contributed by atoms with Gasteiger partial charge in [0.2, 0.25) is 0 Å². The molecule has 2 aliphatic rings. The zero-order chi connectivity index (χ0) is 13.5. The summed E-state index contributed by atoms with van der Waals surface area (Å²) in [6.45, 7) is 3.72. The number of hydrogen-bond acceptors (Lipinski definition) is 5. The van der Waals surface area contributed by atoms with E-state index in [2.05, 4.69) is 4.98 Å². The Kier molecular flexibility index (Phi) is 3.11. The summed E-state index contributed by atoms with van der Waals surface area (Å²) in [5, 5.41) is 3.26. The van der Waals surface area contributed by atoms with Gasteiger partial charge in [-0.1, -0.05) is 0 Å². The minimum absolute atomic E-state index is 0.802. The Morgan fingerprint density at radius 3 is 2.85 bits per heavy atom. The number of rotatable bonds is 1. The second kappa shape index (κ2) is 4.97. The van der Waals surface area contributed by atoms with Crippen LogP contribution in [-0.2, 0) is 17.7 Å². The predicted octanol–water partition coefficient (Wildman–Crippen LogP) is 3.41. The molecule has 0 N–H and O–H groups in total. The van der Waals surface area contributed by atoms with E-state index in [1.165, 1.54) is 47.9 Å². The number of hydrogen-bond donors (Lipinski definition) is 0. The topological polar surface area (TPSA) is 38.2 Å². The van der Waals surface area contributed by atoms with Crippen molar-refractivity contribution >= 4 is 27.4 Å². The zero-order valence-corrected chi connectivity index (χ0v) is 12.6. The van der Waals surface area contributed by atoms with E-state index in [4.69, 9.17) is 9.82 Å². The fourth-order valence-corrected chi connectivity index (χ4v) is 4.49. The Morgan fingerprint density at radius 1 is 1.10 bits per heavy atom. The third kappa shape index (κ3) is 2.00. The van der Waals surface area contributed by atoms with Gasteiger partial charge < -0.3 is 0 Å². The van der Waals surface area contributed by atoms with Gasteiger partial charge in [0, 0.05) is 11.4 Å². The molecule has 2 aromatic rings. The van der Waals surface area contributed by atoms with Gasteiger partial charge in [-0.2, -0.15) is 0 Å². The van der Waals surface area contributed by atoms with Crippen molar-refractivity contribution in [2.75, 3.05) is 18.2 Å². The van der Waals surface area contributed by atoms with Crippen LogP contribution in [0.2, 0.25) is 0 Å². The van der Waals surface area contributed by atoms with E-state index in [0.29, 0.717) is 0 Å². The second-order valence-electron chi connectivity index (χ2n) is 5.63. The molecule has 2 aromatic heterocycles. The highest BCUT2D eigenvalue weighted by Gasteiger charge is 2.24. The van der Waals surface area contributed by atoms with E-state index in [-0.39, 0.29) is 0 Å². The monoisotopic (exact) mass is 289 g/mol. The van der Waals surface area contributed by atoms with Gasteiger partial charge in [0.1, 0.15) is 10.7 Å². The predicted molar refractivity (Wildman–Crippen MR) is 81.3 cm³/mol. The van der Waals surface area contributed by atoms with E-state index in [1.54, 1.807) is 0 Å². The number of aromatic nitrogens is 2. The van der Waals surface area contributed by atoms with E-state index in [0.717, 1.165) is 36.0 Å². The molecule has 4 rings (SSSR count). The van der Waals surface area contributed by atoms with E-state index < -0.39 is 0 Å². The summed E-state index contributed by atoms with van der Waals surface area (Å²) in [7, 11) is 0. The van der Waals surface area contributed by atoms with Crippen LogP contribution in [0.1, 0.15) is 41.9 Å². The smallest absolute Gasteiger partial charge is 0.165 e. The lowest BCUT2D eigenvalue weighted by molar-refractivity contribution is 0.0766. The quantitative estimate of drug-likeness (QED) is 0.806. The molecule has 20 heavy (non-hydrogen) atoms. The van der Waals surface area contributed by atoms with Gasteiger partial charge in [-0.15, -0.1) is 11.3 Å². The molecular weight excluding hydrogens is 270 g/mol. The maximum atomic E-state index is 5.84. The summed E-state index contributed by atoms with van der Waals surface area (Å²) in [6.07, 6.45) is 7.29. The Morgan fingerprint density at radius 2 is 2.00 bits per heavy atom. The molecule has 0 spiro atoms. The van der Waals surface area contributed by atoms with Crippen LogP contribution in [0.4, 0.5) is 5.82 Å². The third-order valence-electron chi connectivity index (χ3n) is 4.15.